The average Bonchev–Trinajstić information content (AvgIpc) is 2.74. The van der Waals surface area contributed by atoms with Crippen molar-refractivity contribution < 1.29 is 24.6 Å². The van der Waals surface area contributed by atoms with E-state index < -0.39 is 37.3 Å². The van der Waals surface area contributed by atoms with Gasteiger partial charge in [0.2, 0.25) is 0 Å². The molecule has 1 aliphatic carbocycles. The molecule has 0 aromatic heterocycles. The van der Waals surface area contributed by atoms with Crippen molar-refractivity contribution >= 4 is 13.4 Å². The number of aliphatic hydroxyl groups excluding tert-OH is 2. The summed E-state index contributed by atoms with van der Waals surface area (Å²) in [6.45, 7) is 7.61. The van der Waals surface area contributed by atoms with Gasteiger partial charge in [0.1, 0.15) is 0 Å². The summed E-state index contributed by atoms with van der Waals surface area (Å²) in [7, 11) is -1.71. The predicted octanol–water partition coefficient (Wildman–Crippen LogP) is 0.893. The number of nitrogens with one attached hydrogen (secondary N) is 1. The van der Waals surface area contributed by atoms with E-state index in [1.165, 1.54) is 6.92 Å². The van der Waals surface area contributed by atoms with E-state index in [-0.39, 0.29) is 11.8 Å². The molecule has 5 atom stereocenters. The van der Waals surface area contributed by atoms with E-state index >= 15 is 0 Å². The maximum absolute atomic E-state index is 12.6. The molecule has 2 rings (SSSR count). The van der Waals surface area contributed by atoms with Crippen LogP contribution in [0, 0.1) is 11.8 Å². The van der Waals surface area contributed by atoms with Crippen LogP contribution in [-0.4, -0.2) is 71.7 Å². The van der Waals surface area contributed by atoms with Gasteiger partial charge in [0.25, 0.3) is 0 Å². The Kier molecular flexibility index (Phi) is 6.33. The summed E-state index contributed by atoms with van der Waals surface area (Å²) >= 11 is 0. The minimum atomic E-state index is -1.71. The molecule has 1 heterocycles. The van der Waals surface area contributed by atoms with Crippen molar-refractivity contribution in [3.8, 4) is 0 Å². The molecular formula is C18H34NO5P. The Balaban J connectivity index is 2.20. The number of hydrogen-bond donors (Lipinski definition) is 4. The third-order valence-corrected chi connectivity index (χ3v) is 6.71. The normalized spacial score (nSPS) is 37.8. The van der Waals surface area contributed by atoms with Gasteiger partial charge in [-0.2, -0.15) is 0 Å². The first-order valence-corrected chi connectivity index (χ1v) is 12.6. The number of aliphatic hydroxyl groups is 3. The molecule has 0 aromatic rings. The van der Waals surface area contributed by atoms with Gasteiger partial charge in [-0.1, -0.05) is 0 Å². The summed E-state index contributed by atoms with van der Waals surface area (Å²) in [5.74, 6) is -1.25. The quantitative estimate of drug-likeness (QED) is 0.391. The van der Waals surface area contributed by atoms with Crippen molar-refractivity contribution in [1.29, 1.82) is 0 Å². The first-order chi connectivity index (χ1) is 11.5. The van der Waals surface area contributed by atoms with Gasteiger partial charge >= 0.3 is 150 Å². The van der Waals surface area contributed by atoms with Crippen LogP contribution in [0.15, 0.2) is 12.2 Å². The second-order valence-corrected chi connectivity index (χ2v) is 13.0. The topological polar surface area (TPSA) is 99.0 Å². The van der Waals surface area contributed by atoms with Crippen LogP contribution in [0.2, 0.25) is 0 Å². The monoisotopic (exact) mass is 375 g/mol. The van der Waals surface area contributed by atoms with Gasteiger partial charge in [-0.15, -0.1) is 0 Å². The van der Waals surface area contributed by atoms with Gasteiger partial charge in [-0.25, -0.2) is 0 Å². The molecule has 1 amide bonds. The van der Waals surface area contributed by atoms with E-state index in [1.54, 1.807) is 0 Å². The van der Waals surface area contributed by atoms with E-state index in [0.717, 1.165) is 19.3 Å². The van der Waals surface area contributed by atoms with Crippen LogP contribution in [0.5, 0.6) is 0 Å². The zero-order valence-electron chi connectivity index (χ0n) is 15.8. The minimum absolute atomic E-state index is 0.190. The fourth-order valence-electron chi connectivity index (χ4n) is 4.03. The Morgan fingerprint density at radius 3 is 2.64 bits per heavy atom. The molecule has 0 saturated carbocycles. The Bertz CT molecular complexity index is 516. The van der Waals surface area contributed by atoms with E-state index in [2.05, 4.69) is 25.3 Å². The molecule has 1 saturated heterocycles. The van der Waals surface area contributed by atoms with Crippen LogP contribution in [0.1, 0.15) is 32.6 Å². The molecule has 6 nitrogen and oxygen atoms in total. The second kappa shape index (κ2) is 7.61. The number of rotatable bonds is 7. The van der Waals surface area contributed by atoms with Gasteiger partial charge in [0, 0.05) is 0 Å². The van der Waals surface area contributed by atoms with Gasteiger partial charge in [0.15, 0.2) is 0 Å². The molecule has 25 heavy (non-hydrogen) atoms. The van der Waals surface area contributed by atoms with Crippen LogP contribution in [0.4, 0.5) is 0 Å². The number of hydrogen-bond acceptors (Lipinski definition) is 5. The first-order valence-electron chi connectivity index (χ1n) is 9.19. The molecule has 1 aliphatic heterocycles. The molecule has 0 bridgehead atoms. The number of amides is 1. The van der Waals surface area contributed by atoms with Crippen LogP contribution < -0.4 is 5.32 Å². The van der Waals surface area contributed by atoms with E-state index in [0.29, 0.717) is 13.0 Å². The molecule has 146 valence electrons. The number of carbonyl (C=O) groups is 1. The summed E-state index contributed by atoms with van der Waals surface area (Å²) in [5.41, 5.74) is -3.02. The molecule has 1 fully saturated rings. The number of allylic oxidation sites excluding steroid dienone is 1. The summed E-state index contributed by atoms with van der Waals surface area (Å²) in [6.07, 6.45) is 5.93. The van der Waals surface area contributed by atoms with Crippen LogP contribution in [0.3, 0.4) is 0 Å². The van der Waals surface area contributed by atoms with Crippen LogP contribution in [-0.2, 0) is 9.32 Å². The fourth-order valence-corrected chi connectivity index (χ4v) is 4.76. The van der Waals surface area contributed by atoms with E-state index in [1.807, 2.05) is 12.2 Å². The Morgan fingerprint density at radius 2 is 2.12 bits per heavy atom. The second-order valence-electron chi connectivity index (χ2n) is 8.54. The van der Waals surface area contributed by atoms with Gasteiger partial charge in [0.05, 0.1) is 0 Å². The third kappa shape index (κ3) is 4.09. The molecule has 7 heteroatoms. The van der Waals surface area contributed by atoms with Gasteiger partial charge in [-0.05, 0) is 0 Å². The SMILES string of the molecule is C[C@]1(O)[C@@H](CCO[PH](C)(C)C)C(=O)N[C@]1(CO)[C@H](O)[C@@H]1C=CCCC1. The summed E-state index contributed by atoms with van der Waals surface area (Å²) in [5, 5.41) is 34.9. The molecule has 2 aliphatic rings. The van der Waals surface area contributed by atoms with Crippen LogP contribution >= 0.6 is 7.49 Å². The van der Waals surface area contributed by atoms with Gasteiger partial charge in [-0.3, -0.25) is 0 Å². The molecule has 0 aromatic carbocycles. The Hall–Kier alpha value is -0.520. The first kappa shape index (κ1) is 20.8. The molecule has 0 unspecified atom stereocenters. The van der Waals surface area contributed by atoms with E-state index in [4.69, 9.17) is 4.52 Å². The summed E-state index contributed by atoms with van der Waals surface area (Å²) in [4.78, 5) is 12.6. The van der Waals surface area contributed by atoms with Crippen molar-refractivity contribution in [3.05, 3.63) is 12.2 Å². The van der Waals surface area contributed by atoms with Crippen molar-refractivity contribution in [1.82, 2.24) is 5.32 Å². The molecule has 0 spiro atoms. The Morgan fingerprint density at radius 1 is 1.44 bits per heavy atom. The van der Waals surface area contributed by atoms with Crippen molar-refractivity contribution in [3.63, 3.8) is 0 Å². The van der Waals surface area contributed by atoms with Crippen LogP contribution in [0.25, 0.3) is 0 Å². The summed E-state index contributed by atoms with van der Waals surface area (Å²) in [6, 6.07) is 0. The Labute approximate surface area is 151 Å². The van der Waals surface area contributed by atoms with Gasteiger partial charge < -0.3 is 0 Å². The average molecular weight is 375 g/mol. The third-order valence-electron chi connectivity index (χ3n) is 5.64. The van der Waals surface area contributed by atoms with Crippen molar-refractivity contribution in [2.24, 2.45) is 11.8 Å². The predicted molar refractivity (Wildman–Crippen MR) is 101 cm³/mol. The fraction of sp³-hybridized carbons (Fsp3) is 0.833. The maximum atomic E-state index is 12.6. The zero-order chi connectivity index (χ0) is 18.9. The van der Waals surface area contributed by atoms with Crippen molar-refractivity contribution in [2.45, 2.75) is 49.9 Å². The molecular weight excluding hydrogens is 341 g/mol. The summed E-state index contributed by atoms with van der Waals surface area (Å²) < 4.78 is 5.82. The zero-order valence-corrected chi connectivity index (χ0v) is 16.8. The molecule has 0 radical (unpaired) electrons. The van der Waals surface area contributed by atoms with Crippen molar-refractivity contribution in [2.75, 3.05) is 33.2 Å². The molecule has 4 N–H and O–H groups in total. The number of carbonyl (C=O) groups excluding carboxylic acids is 1. The standard InChI is InChI=1S/C18H34NO5P/c1-17(23)14(10-11-24-25(2,3)4)16(22)19-18(17,12-20)15(21)13-8-6-5-7-9-13/h6,8,13-15,20-21,23,25H,5,7,9-12H2,1-4H3,(H,19,22)/t13-,14+,15-,17+,18-/m1/s1. The van der Waals surface area contributed by atoms with E-state index in [9.17, 15) is 20.1 Å².